The van der Waals surface area contributed by atoms with Crippen LogP contribution in [0.1, 0.15) is 31.4 Å². The summed E-state index contributed by atoms with van der Waals surface area (Å²) in [4.78, 5) is 0.368. The van der Waals surface area contributed by atoms with Gasteiger partial charge in [-0.2, -0.15) is 4.31 Å². The van der Waals surface area contributed by atoms with Gasteiger partial charge in [0, 0.05) is 38.6 Å². The minimum atomic E-state index is -3.34. The summed E-state index contributed by atoms with van der Waals surface area (Å²) in [5.41, 5.74) is 6.42. The molecule has 5 nitrogen and oxygen atoms in total. The standard InChI is InChI=1S/C12H21N3O2S/c1-14-10-12(8-11(14)9-13)18(16,17)15-6-4-2-3-5-7-15/h8,10H,2-7,9,13H2,1H3. The fraction of sp³-hybridized carbons (Fsp3) is 0.667. The van der Waals surface area contributed by atoms with E-state index in [2.05, 4.69) is 0 Å². The van der Waals surface area contributed by atoms with Gasteiger partial charge in [-0.15, -0.1) is 0 Å². The van der Waals surface area contributed by atoms with Crippen molar-refractivity contribution in [2.75, 3.05) is 13.1 Å². The molecule has 1 aromatic rings. The summed E-state index contributed by atoms with van der Waals surface area (Å²) in [5, 5.41) is 0. The molecule has 1 aromatic heterocycles. The molecule has 6 heteroatoms. The van der Waals surface area contributed by atoms with E-state index in [4.69, 9.17) is 5.73 Å². The fourth-order valence-corrected chi connectivity index (χ4v) is 3.97. The van der Waals surface area contributed by atoms with Gasteiger partial charge >= 0.3 is 0 Å². The molecule has 1 saturated heterocycles. The van der Waals surface area contributed by atoms with E-state index >= 15 is 0 Å². The van der Waals surface area contributed by atoms with E-state index in [-0.39, 0.29) is 0 Å². The third kappa shape index (κ3) is 2.60. The molecule has 2 N–H and O–H groups in total. The molecule has 0 amide bonds. The van der Waals surface area contributed by atoms with Crippen molar-refractivity contribution in [2.45, 2.75) is 37.1 Å². The highest BCUT2D eigenvalue weighted by Crippen LogP contribution is 2.21. The van der Waals surface area contributed by atoms with Crippen LogP contribution in [-0.4, -0.2) is 30.4 Å². The first-order valence-corrected chi connectivity index (χ1v) is 7.85. The number of aromatic nitrogens is 1. The maximum atomic E-state index is 12.5. The zero-order chi connectivity index (χ0) is 13.2. The Hall–Kier alpha value is -0.850. The molecule has 0 unspecified atom stereocenters. The molecular formula is C12H21N3O2S. The maximum absolute atomic E-state index is 12.5. The van der Waals surface area contributed by atoms with Crippen LogP contribution in [0.15, 0.2) is 17.2 Å². The third-order valence-corrected chi connectivity index (χ3v) is 5.36. The summed E-state index contributed by atoms with van der Waals surface area (Å²) >= 11 is 0. The molecule has 0 saturated carbocycles. The highest BCUT2D eigenvalue weighted by molar-refractivity contribution is 7.89. The Bertz CT molecular complexity index is 499. The maximum Gasteiger partial charge on any atom is 0.244 e. The molecule has 0 atom stereocenters. The van der Waals surface area contributed by atoms with Crippen molar-refractivity contribution in [2.24, 2.45) is 12.8 Å². The van der Waals surface area contributed by atoms with E-state index in [1.165, 1.54) is 0 Å². The number of nitrogens with zero attached hydrogens (tertiary/aromatic N) is 2. The molecule has 1 aliphatic rings. The Labute approximate surface area is 109 Å². The summed E-state index contributed by atoms with van der Waals surface area (Å²) in [5.74, 6) is 0. The second-order valence-corrected chi connectivity index (χ2v) is 6.74. The summed E-state index contributed by atoms with van der Waals surface area (Å²) in [6.07, 6.45) is 5.80. The lowest BCUT2D eigenvalue weighted by atomic mass is 10.2. The molecule has 0 spiro atoms. The normalized spacial score (nSPS) is 18.8. The molecule has 1 fully saturated rings. The zero-order valence-electron chi connectivity index (χ0n) is 10.8. The first kappa shape index (κ1) is 13.6. The van der Waals surface area contributed by atoms with Gasteiger partial charge in [0.2, 0.25) is 10.0 Å². The Morgan fingerprint density at radius 2 is 1.83 bits per heavy atom. The lowest BCUT2D eigenvalue weighted by Crippen LogP contribution is -2.31. The molecule has 2 heterocycles. The van der Waals surface area contributed by atoms with Gasteiger partial charge in [0.25, 0.3) is 0 Å². The van der Waals surface area contributed by atoms with Crippen molar-refractivity contribution in [3.63, 3.8) is 0 Å². The van der Waals surface area contributed by atoms with Gasteiger partial charge in [0.1, 0.15) is 4.90 Å². The van der Waals surface area contributed by atoms with E-state index in [1.807, 2.05) is 7.05 Å². The number of aryl methyl sites for hydroxylation is 1. The van der Waals surface area contributed by atoms with Crippen molar-refractivity contribution in [1.82, 2.24) is 8.87 Å². The lowest BCUT2D eigenvalue weighted by molar-refractivity contribution is 0.423. The molecule has 102 valence electrons. The molecule has 0 aliphatic carbocycles. The molecule has 1 aliphatic heterocycles. The minimum absolute atomic E-state index is 0.353. The average molecular weight is 271 g/mol. The average Bonchev–Trinajstić information content (AvgIpc) is 2.55. The summed E-state index contributed by atoms with van der Waals surface area (Å²) in [6, 6.07) is 1.68. The van der Waals surface area contributed by atoms with Crippen LogP contribution in [0.25, 0.3) is 0 Å². The van der Waals surface area contributed by atoms with Gasteiger partial charge in [-0.1, -0.05) is 12.8 Å². The minimum Gasteiger partial charge on any atom is -0.352 e. The van der Waals surface area contributed by atoms with E-state index in [1.54, 1.807) is 21.1 Å². The Kier molecular flexibility index (Phi) is 4.09. The smallest absolute Gasteiger partial charge is 0.244 e. The van der Waals surface area contributed by atoms with Crippen LogP contribution in [0, 0.1) is 0 Å². The third-order valence-electron chi connectivity index (χ3n) is 3.49. The van der Waals surface area contributed by atoms with E-state index in [0.29, 0.717) is 24.5 Å². The van der Waals surface area contributed by atoms with Gasteiger partial charge < -0.3 is 10.3 Å². The van der Waals surface area contributed by atoms with E-state index < -0.39 is 10.0 Å². The molecule has 18 heavy (non-hydrogen) atoms. The molecule has 2 rings (SSSR count). The van der Waals surface area contributed by atoms with Crippen LogP contribution in [-0.2, 0) is 23.6 Å². The summed E-state index contributed by atoms with van der Waals surface area (Å²) < 4.78 is 28.4. The Morgan fingerprint density at radius 3 is 2.33 bits per heavy atom. The molecule has 0 radical (unpaired) electrons. The monoisotopic (exact) mass is 271 g/mol. The van der Waals surface area contributed by atoms with Gasteiger partial charge in [0.15, 0.2) is 0 Å². The van der Waals surface area contributed by atoms with Crippen molar-refractivity contribution in [3.05, 3.63) is 18.0 Å². The van der Waals surface area contributed by atoms with E-state index in [0.717, 1.165) is 31.4 Å². The van der Waals surface area contributed by atoms with Gasteiger partial charge in [-0.05, 0) is 18.9 Å². The van der Waals surface area contributed by atoms with Crippen LogP contribution in [0.2, 0.25) is 0 Å². The van der Waals surface area contributed by atoms with Crippen LogP contribution in [0.3, 0.4) is 0 Å². The van der Waals surface area contributed by atoms with Gasteiger partial charge in [-0.25, -0.2) is 8.42 Å². The highest BCUT2D eigenvalue weighted by atomic mass is 32.2. The number of rotatable bonds is 3. The number of nitrogens with two attached hydrogens (primary N) is 1. The molecular weight excluding hydrogens is 250 g/mol. The van der Waals surface area contributed by atoms with Crippen molar-refractivity contribution >= 4 is 10.0 Å². The fourth-order valence-electron chi connectivity index (χ4n) is 2.35. The quantitative estimate of drug-likeness (QED) is 0.893. The van der Waals surface area contributed by atoms with E-state index in [9.17, 15) is 8.42 Å². The molecule has 0 bridgehead atoms. The second kappa shape index (κ2) is 5.42. The van der Waals surface area contributed by atoms with Crippen LogP contribution < -0.4 is 5.73 Å². The highest BCUT2D eigenvalue weighted by Gasteiger charge is 2.26. The topological polar surface area (TPSA) is 68.3 Å². The SMILES string of the molecule is Cn1cc(S(=O)(=O)N2CCCCCC2)cc1CN. The van der Waals surface area contributed by atoms with Crippen molar-refractivity contribution in [3.8, 4) is 0 Å². The van der Waals surface area contributed by atoms with Crippen molar-refractivity contribution in [1.29, 1.82) is 0 Å². The van der Waals surface area contributed by atoms with Crippen LogP contribution in [0.5, 0.6) is 0 Å². The summed E-state index contributed by atoms with van der Waals surface area (Å²) in [7, 11) is -1.52. The lowest BCUT2D eigenvalue weighted by Gasteiger charge is -2.18. The predicted octanol–water partition coefficient (Wildman–Crippen LogP) is 1.05. The second-order valence-electron chi connectivity index (χ2n) is 4.80. The Morgan fingerprint density at radius 1 is 1.22 bits per heavy atom. The van der Waals surface area contributed by atoms with Crippen molar-refractivity contribution < 1.29 is 8.42 Å². The van der Waals surface area contributed by atoms with Crippen LogP contribution >= 0.6 is 0 Å². The number of sulfonamides is 1. The number of hydrogen-bond donors (Lipinski definition) is 1. The van der Waals surface area contributed by atoms with Gasteiger partial charge in [0.05, 0.1) is 0 Å². The van der Waals surface area contributed by atoms with Crippen LogP contribution in [0.4, 0.5) is 0 Å². The largest absolute Gasteiger partial charge is 0.352 e. The number of hydrogen-bond acceptors (Lipinski definition) is 3. The first-order chi connectivity index (χ1) is 8.55. The zero-order valence-corrected chi connectivity index (χ0v) is 11.6. The Balaban J connectivity index is 2.28. The van der Waals surface area contributed by atoms with Gasteiger partial charge in [-0.3, -0.25) is 0 Å². The molecule has 0 aromatic carbocycles. The first-order valence-electron chi connectivity index (χ1n) is 6.41. The summed E-state index contributed by atoms with van der Waals surface area (Å²) in [6.45, 7) is 1.62. The predicted molar refractivity (Wildman–Crippen MR) is 70.5 cm³/mol.